The van der Waals surface area contributed by atoms with E-state index in [1.54, 1.807) is 19.9 Å². The van der Waals surface area contributed by atoms with Crippen LogP contribution >= 0.6 is 0 Å². The van der Waals surface area contributed by atoms with Gasteiger partial charge in [0.15, 0.2) is 11.5 Å². The molecule has 6 nitrogen and oxygen atoms in total. The van der Waals surface area contributed by atoms with Crippen molar-refractivity contribution in [1.29, 1.82) is 0 Å². The summed E-state index contributed by atoms with van der Waals surface area (Å²) in [6, 6.07) is 4.27. The fourth-order valence-electron chi connectivity index (χ4n) is 1.74. The molecule has 1 heterocycles. The first-order valence-corrected chi connectivity index (χ1v) is 5.45. The Morgan fingerprint density at radius 2 is 1.79 bits per heavy atom. The van der Waals surface area contributed by atoms with Gasteiger partial charge in [0, 0.05) is 11.6 Å². The molecule has 0 radical (unpaired) electrons. The van der Waals surface area contributed by atoms with Gasteiger partial charge in [0.05, 0.1) is 5.56 Å². The van der Waals surface area contributed by atoms with Gasteiger partial charge in [-0.05, 0) is 37.1 Å². The van der Waals surface area contributed by atoms with Crippen LogP contribution in [0.2, 0.25) is 0 Å². The van der Waals surface area contributed by atoms with Gasteiger partial charge in [0.25, 0.3) is 0 Å². The van der Waals surface area contributed by atoms with E-state index in [-0.39, 0.29) is 17.0 Å². The Balaban J connectivity index is 2.59. The molecule has 98 valence electrons. The van der Waals surface area contributed by atoms with Crippen molar-refractivity contribution in [2.24, 2.45) is 0 Å². The summed E-state index contributed by atoms with van der Waals surface area (Å²) in [4.78, 5) is 21.8. The minimum atomic E-state index is -1.20. The molecule has 2 rings (SSSR count). The Bertz CT molecular complexity index is 672. The normalized spacial score (nSPS) is 10.4. The first kappa shape index (κ1) is 12.8. The van der Waals surface area contributed by atoms with Crippen molar-refractivity contribution in [3.8, 4) is 11.3 Å². The fraction of sp³-hybridized carbons (Fsp3) is 0.154. The summed E-state index contributed by atoms with van der Waals surface area (Å²) >= 11 is 0. The van der Waals surface area contributed by atoms with E-state index in [0.29, 0.717) is 5.56 Å². The monoisotopic (exact) mass is 261 g/mol. The maximum absolute atomic E-state index is 11.0. The average molecular weight is 261 g/mol. The standard InChI is InChI=1S/C13H11NO5/c1-6-3-8(12(15)16)4-9(7(6)2)11-5-10(13(17)18)14-19-11/h3-5H,1-2H3,(H,15,16)(H,17,18). The summed E-state index contributed by atoms with van der Waals surface area (Å²) in [5.74, 6) is -2.01. The van der Waals surface area contributed by atoms with Crippen molar-refractivity contribution >= 4 is 11.9 Å². The zero-order valence-electron chi connectivity index (χ0n) is 10.3. The van der Waals surface area contributed by atoms with Gasteiger partial charge in [0.2, 0.25) is 0 Å². The van der Waals surface area contributed by atoms with Gasteiger partial charge >= 0.3 is 11.9 Å². The van der Waals surface area contributed by atoms with Gasteiger partial charge in [-0.3, -0.25) is 0 Å². The zero-order valence-corrected chi connectivity index (χ0v) is 10.3. The SMILES string of the molecule is Cc1cc(C(=O)O)cc(-c2cc(C(=O)O)no2)c1C. The number of aromatic nitrogens is 1. The minimum absolute atomic E-state index is 0.117. The van der Waals surface area contributed by atoms with Crippen molar-refractivity contribution in [2.75, 3.05) is 0 Å². The molecule has 6 heteroatoms. The summed E-state index contributed by atoms with van der Waals surface area (Å²) in [5.41, 5.74) is 2.03. The number of carbonyl (C=O) groups is 2. The van der Waals surface area contributed by atoms with Crippen molar-refractivity contribution in [2.45, 2.75) is 13.8 Å². The van der Waals surface area contributed by atoms with E-state index in [1.165, 1.54) is 12.1 Å². The first-order chi connectivity index (χ1) is 8.90. The molecule has 0 saturated carbocycles. The lowest BCUT2D eigenvalue weighted by Gasteiger charge is -2.07. The van der Waals surface area contributed by atoms with E-state index < -0.39 is 11.9 Å². The molecule has 1 aromatic carbocycles. The van der Waals surface area contributed by atoms with Crippen LogP contribution in [0.1, 0.15) is 32.0 Å². The third-order valence-electron chi connectivity index (χ3n) is 2.91. The lowest BCUT2D eigenvalue weighted by molar-refractivity contribution is 0.0679. The number of carboxylic acid groups (broad SMARTS) is 2. The molecule has 19 heavy (non-hydrogen) atoms. The molecule has 0 aliphatic rings. The molecule has 0 fully saturated rings. The Morgan fingerprint density at radius 1 is 1.11 bits per heavy atom. The predicted molar refractivity (Wildman–Crippen MR) is 65.3 cm³/mol. The molecule has 1 aromatic heterocycles. The highest BCUT2D eigenvalue weighted by atomic mass is 16.5. The summed E-state index contributed by atoms with van der Waals surface area (Å²) in [7, 11) is 0. The van der Waals surface area contributed by atoms with Crippen molar-refractivity contribution in [3.05, 3.63) is 40.6 Å². The third kappa shape index (κ3) is 2.33. The molecular weight excluding hydrogens is 250 g/mol. The number of nitrogens with zero attached hydrogens (tertiary/aromatic N) is 1. The van der Waals surface area contributed by atoms with Gasteiger partial charge in [0.1, 0.15) is 0 Å². The molecule has 0 atom stereocenters. The Morgan fingerprint density at radius 3 is 2.32 bits per heavy atom. The topological polar surface area (TPSA) is 101 Å². The number of rotatable bonds is 3. The lowest BCUT2D eigenvalue weighted by Crippen LogP contribution is -1.99. The lowest BCUT2D eigenvalue weighted by atomic mass is 9.98. The Labute approximate surface area is 108 Å². The number of hydrogen-bond donors (Lipinski definition) is 2. The second kappa shape index (κ2) is 4.56. The van der Waals surface area contributed by atoms with Gasteiger partial charge in [-0.25, -0.2) is 9.59 Å². The van der Waals surface area contributed by atoms with Crippen LogP contribution in [0.25, 0.3) is 11.3 Å². The Hall–Kier alpha value is -2.63. The van der Waals surface area contributed by atoms with Crippen LogP contribution in [0.15, 0.2) is 22.7 Å². The largest absolute Gasteiger partial charge is 0.478 e. The van der Waals surface area contributed by atoms with E-state index >= 15 is 0 Å². The molecule has 0 aliphatic carbocycles. The summed E-state index contributed by atoms with van der Waals surface area (Å²) in [5, 5.41) is 21.2. The zero-order chi connectivity index (χ0) is 14.2. The fourth-order valence-corrected chi connectivity index (χ4v) is 1.74. The number of hydrogen-bond acceptors (Lipinski definition) is 4. The smallest absolute Gasteiger partial charge is 0.358 e. The Kier molecular flexibility index (Phi) is 3.08. The van der Waals surface area contributed by atoms with Crippen molar-refractivity contribution in [3.63, 3.8) is 0 Å². The summed E-state index contributed by atoms with van der Waals surface area (Å²) < 4.78 is 4.96. The molecular formula is C13H11NO5. The number of aryl methyl sites for hydroxylation is 1. The maximum atomic E-state index is 11.0. The number of benzene rings is 1. The predicted octanol–water partition coefficient (Wildman–Crippen LogP) is 2.35. The van der Waals surface area contributed by atoms with E-state index in [4.69, 9.17) is 14.7 Å². The quantitative estimate of drug-likeness (QED) is 0.879. The highest BCUT2D eigenvalue weighted by Crippen LogP contribution is 2.28. The summed E-state index contributed by atoms with van der Waals surface area (Å²) in [6.45, 7) is 3.58. The highest BCUT2D eigenvalue weighted by molar-refractivity contribution is 5.91. The van der Waals surface area contributed by atoms with E-state index in [0.717, 1.165) is 11.1 Å². The van der Waals surface area contributed by atoms with Crippen molar-refractivity contribution in [1.82, 2.24) is 5.16 Å². The van der Waals surface area contributed by atoms with E-state index in [1.807, 2.05) is 0 Å². The maximum Gasteiger partial charge on any atom is 0.358 e. The molecule has 2 aromatic rings. The van der Waals surface area contributed by atoms with Crippen LogP contribution in [-0.4, -0.2) is 27.3 Å². The van der Waals surface area contributed by atoms with Gasteiger partial charge < -0.3 is 14.7 Å². The second-order valence-electron chi connectivity index (χ2n) is 4.15. The number of aromatic carboxylic acids is 2. The van der Waals surface area contributed by atoms with Gasteiger partial charge in [-0.2, -0.15) is 0 Å². The van der Waals surface area contributed by atoms with Gasteiger partial charge in [-0.1, -0.05) is 5.16 Å². The second-order valence-corrected chi connectivity index (χ2v) is 4.15. The molecule has 0 amide bonds. The average Bonchev–Trinajstić information content (AvgIpc) is 2.81. The van der Waals surface area contributed by atoms with Crippen molar-refractivity contribution < 1.29 is 24.3 Å². The molecule has 2 N–H and O–H groups in total. The van der Waals surface area contributed by atoms with Crippen LogP contribution in [0.4, 0.5) is 0 Å². The van der Waals surface area contributed by atoms with Crippen LogP contribution < -0.4 is 0 Å². The van der Waals surface area contributed by atoms with Crippen LogP contribution in [-0.2, 0) is 0 Å². The van der Waals surface area contributed by atoms with Gasteiger partial charge in [-0.15, -0.1) is 0 Å². The summed E-state index contributed by atoms with van der Waals surface area (Å²) in [6.07, 6.45) is 0. The van der Waals surface area contributed by atoms with Crippen LogP contribution in [0.3, 0.4) is 0 Å². The van der Waals surface area contributed by atoms with Crippen LogP contribution in [0.5, 0.6) is 0 Å². The van der Waals surface area contributed by atoms with E-state index in [9.17, 15) is 9.59 Å². The number of carboxylic acids is 2. The van der Waals surface area contributed by atoms with Crippen LogP contribution in [0, 0.1) is 13.8 Å². The third-order valence-corrected chi connectivity index (χ3v) is 2.91. The van der Waals surface area contributed by atoms with E-state index in [2.05, 4.69) is 5.16 Å². The minimum Gasteiger partial charge on any atom is -0.478 e. The first-order valence-electron chi connectivity index (χ1n) is 5.45. The molecule has 0 bridgehead atoms. The highest BCUT2D eigenvalue weighted by Gasteiger charge is 2.17. The molecule has 0 aliphatic heterocycles. The molecule has 0 saturated heterocycles. The molecule has 0 unspecified atom stereocenters. The molecule has 0 spiro atoms.